The van der Waals surface area contributed by atoms with Gasteiger partial charge in [0.25, 0.3) is 0 Å². The smallest absolute Gasteiger partial charge is 0.503 e. The molecular weight excluding hydrogens is 900 g/mol. The first kappa shape index (κ1) is 40.2. The Morgan fingerprint density at radius 2 is 1.22 bits per heavy atom. The summed E-state index contributed by atoms with van der Waals surface area (Å²) in [5.74, 6) is 1.21. The summed E-state index contributed by atoms with van der Waals surface area (Å²) in [5, 5.41) is 1.10. The fraction of sp³-hybridized carbons (Fsp3) is 0.200. The van der Waals surface area contributed by atoms with Crippen molar-refractivity contribution in [3.63, 3.8) is 0 Å². The molecule has 59 heavy (non-hydrogen) atoms. The first-order valence-electron chi connectivity index (χ1n) is 20.2. The van der Waals surface area contributed by atoms with Gasteiger partial charge in [0.2, 0.25) is 0 Å². The van der Waals surface area contributed by atoms with Gasteiger partial charge in [-0.15, -0.1) is 29.3 Å². The number of hydrogen-bond donors (Lipinski definition) is 0. The number of aryl methyl sites for hydroxylation is 2. The molecule has 1 aliphatic rings. The molecule has 3 nitrogen and oxygen atoms in total. The maximum atomic E-state index is 6.92. The molecule has 0 radical (unpaired) electrons. The summed E-state index contributed by atoms with van der Waals surface area (Å²) >= 11 is 0. The summed E-state index contributed by atoms with van der Waals surface area (Å²) in [6, 6.07) is 57.1. The van der Waals surface area contributed by atoms with Crippen LogP contribution in [0.2, 0.25) is 0 Å². The first-order valence-corrected chi connectivity index (χ1v) is 20.2. The third-order valence-corrected chi connectivity index (χ3v) is 11.8. The molecule has 294 valence electrons. The van der Waals surface area contributed by atoms with Gasteiger partial charge >= 0.3 is 21.1 Å². The van der Waals surface area contributed by atoms with Gasteiger partial charge in [0.1, 0.15) is 0 Å². The Labute approximate surface area is 363 Å². The SMILES string of the molecule is Cc1cccc(C)c1-c1cc(Oc2[c-]c(C3(c4ccccn4)c4cc(C(C)(C)C)ccc4-c4ccc(C(C)(C)C)cc43)ccc2)[c-]c(-c2ccc3ccccc3n2)c1.[Pt+2]. The second kappa shape index (κ2) is 15.2. The number of benzene rings is 6. The van der Waals surface area contributed by atoms with E-state index in [2.05, 4.69) is 183 Å². The van der Waals surface area contributed by atoms with E-state index in [1.165, 1.54) is 50.1 Å². The Kier molecular flexibility index (Phi) is 10.3. The maximum Gasteiger partial charge on any atom is 2.00 e. The zero-order valence-corrected chi connectivity index (χ0v) is 37.2. The predicted molar refractivity (Wildman–Crippen MR) is 239 cm³/mol. The second-order valence-electron chi connectivity index (χ2n) is 17.8. The van der Waals surface area contributed by atoms with Crippen LogP contribution in [0.4, 0.5) is 0 Å². The van der Waals surface area contributed by atoms with Crippen LogP contribution in [-0.4, -0.2) is 9.97 Å². The number of hydrogen-bond acceptors (Lipinski definition) is 3. The molecule has 0 spiro atoms. The van der Waals surface area contributed by atoms with Gasteiger partial charge in [0, 0.05) is 17.7 Å². The molecule has 0 bridgehead atoms. The van der Waals surface area contributed by atoms with E-state index in [0.717, 1.165) is 39.0 Å². The first-order chi connectivity index (χ1) is 27.8. The van der Waals surface area contributed by atoms with Gasteiger partial charge in [0.05, 0.1) is 16.6 Å². The molecule has 9 rings (SSSR count). The van der Waals surface area contributed by atoms with E-state index in [-0.39, 0.29) is 31.9 Å². The van der Waals surface area contributed by atoms with Crippen LogP contribution in [0, 0.1) is 26.0 Å². The average molecular weight is 948 g/mol. The van der Waals surface area contributed by atoms with Crippen molar-refractivity contribution < 1.29 is 25.8 Å². The molecule has 1 aliphatic carbocycles. The summed E-state index contributed by atoms with van der Waals surface area (Å²) < 4.78 is 6.92. The van der Waals surface area contributed by atoms with Gasteiger partial charge in [-0.25, -0.2) is 0 Å². The van der Waals surface area contributed by atoms with Crippen LogP contribution in [0.5, 0.6) is 11.5 Å². The van der Waals surface area contributed by atoms with E-state index >= 15 is 0 Å². The standard InChI is InChI=1S/C55H48N2O.Pt/c1-35-15-13-16-36(2)52(35)39-29-38(50-27-22-37-17-9-10-20-49(37)57-50)30-44(31-39)58-43-19-14-18-42(32-43)55(51-21-11-12-28-56-51)47-33-40(53(3,4)5)23-25-45(47)46-26-24-41(34-48(46)55)54(6,7)8;/h9-29,31,33-34H,1-8H3;/q-2;+2. The third-order valence-electron chi connectivity index (χ3n) is 11.8. The molecule has 4 heteroatoms. The van der Waals surface area contributed by atoms with Crippen LogP contribution >= 0.6 is 0 Å². The maximum absolute atomic E-state index is 6.92. The molecule has 0 N–H and O–H groups in total. The minimum atomic E-state index is -0.752. The molecular formula is C55H48N2OPt. The van der Waals surface area contributed by atoms with Crippen LogP contribution in [0.1, 0.15) is 86.2 Å². The van der Waals surface area contributed by atoms with E-state index in [4.69, 9.17) is 14.7 Å². The Morgan fingerprint density at radius 1 is 0.576 bits per heavy atom. The van der Waals surface area contributed by atoms with E-state index in [9.17, 15) is 0 Å². The molecule has 0 unspecified atom stereocenters. The number of para-hydroxylation sites is 1. The average Bonchev–Trinajstić information content (AvgIpc) is 3.50. The van der Waals surface area contributed by atoms with E-state index in [0.29, 0.717) is 11.5 Å². The molecule has 2 heterocycles. The Bertz CT molecular complexity index is 2780. The summed E-state index contributed by atoms with van der Waals surface area (Å²) in [5.41, 5.74) is 15.7. The molecule has 8 aromatic rings. The van der Waals surface area contributed by atoms with Gasteiger partial charge in [-0.1, -0.05) is 150 Å². The van der Waals surface area contributed by atoms with Crippen molar-refractivity contribution in [1.29, 1.82) is 0 Å². The topological polar surface area (TPSA) is 35.0 Å². The van der Waals surface area contributed by atoms with E-state index in [1.807, 2.05) is 30.5 Å². The third kappa shape index (κ3) is 7.14. The number of pyridine rings is 2. The molecule has 0 aliphatic heterocycles. The summed E-state index contributed by atoms with van der Waals surface area (Å²) in [6.45, 7) is 18.0. The van der Waals surface area contributed by atoms with Crippen LogP contribution in [-0.2, 0) is 37.3 Å². The largest absolute Gasteiger partial charge is 2.00 e. The van der Waals surface area contributed by atoms with Crippen LogP contribution in [0.3, 0.4) is 0 Å². The van der Waals surface area contributed by atoms with Crippen LogP contribution < -0.4 is 4.74 Å². The molecule has 0 amide bonds. The van der Waals surface area contributed by atoms with Crippen LogP contribution in [0.15, 0.2) is 146 Å². The van der Waals surface area contributed by atoms with Crippen molar-refractivity contribution in [2.75, 3.05) is 0 Å². The number of fused-ring (bicyclic) bond motifs is 4. The number of ether oxygens (including phenoxy) is 1. The molecule has 0 saturated carbocycles. The normalized spacial score (nSPS) is 13.1. The van der Waals surface area contributed by atoms with Gasteiger partial charge in [-0.3, -0.25) is 9.97 Å². The van der Waals surface area contributed by atoms with Crippen molar-refractivity contribution in [1.82, 2.24) is 9.97 Å². The van der Waals surface area contributed by atoms with Gasteiger partial charge in [-0.05, 0) is 104 Å². The minimum Gasteiger partial charge on any atom is -0.503 e. The molecule has 0 atom stereocenters. The van der Waals surface area contributed by atoms with Crippen molar-refractivity contribution in [2.45, 2.75) is 71.6 Å². The fourth-order valence-corrected chi connectivity index (χ4v) is 8.76. The number of rotatable bonds is 6. The Morgan fingerprint density at radius 3 is 1.86 bits per heavy atom. The predicted octanol–water partition coefficient (Wildman–Crippen LogP) is 13.9. The molecule has 6 aromatic carbocycles. The monoisotopic (exact) mass is 947 g/mol. The second-order valence-corrected chi connectivity index (χ2v) is 17.8. The summed E-state index contributed by atoms with van der Waals surface area (Å²) in [4.78, 5) is 10.2. The molecule has 2 aromatic heterocycles. The summed E-state index contributed by atoms with van der Waals surface area (Å²) in [7, 11) is 0. The van der Waals surface area contributed by atoms with E-state index < -0.39 is 5.41 Å². The zero-order chi connectivity index (χ0) is 40.4. The summed E-state index contributed by atoms with van der Waals surface area (Å²) in [6.07, 6.45) is 1.91. The Hall–Kier alpha value is -5.63. The Balaban J connectivity index is 0.00000484. The van der Waals surface area contributed by atoms with Crippen LogP contribution in [0.25, 0.3) is 44.4 Å². The van der Waals surface area contributed by atoms with Crippen molar-refractivity contribution in [3.05, 3.63) is 202 Å². The van der Waals surface area contributed by atoms with Crippen molar-refractivity contribution in [2.24, 2.45) is 0 Å². The molecule has 0 fully saturated rings. The number of aromatic nitrogens is 2. The number of nitrogens with zero attached hydrogens (tertiary/aromatic N) is 2. The van der Waals surface area contributed by atoms with Crippen molar-refractivity contribution >= 4 is 10.9 Å². The zero-order valence-electron chi connectivity index (χ0n) is 35.0. The van der Waals surface area contributed by atoms with Gasteiger partial charge < -0.3 is 4.74 Å². The minimum absolute atomic E-state index is 0. The van der Waals surface area contributed by atoms with Crippen molar-refractivity contribution in [3.8, 4) is 45.0 Å². The van der Waals surface area contributed by atoms with Gasteiger partial charge in [-0.2, -0.15) is 12.1 Å². The molecule has 0 saturated heterocycles. The fourth-order valence-electron chi connectivity index (χ4n) is 8.76. The van der Waals surface area contributed by atoms with Gasteiger partial charge in [0.15, 0.2) is 0 Å². The quantitative estimate of drug-likeness (QED) is 0.156. The van der Waals surface area contributed by atoms with E-state index in [1.54, 1.807) is 0 Å².